The zero-order valence-corrected chi connectivity index (χ0v) is 13.5. The van der Waals surface area contributed by atoms with Gasteiger partial charge in [0.2, 0.25) is 10.3 Å². The fourth-order valence-electron chi connectivity index (χ4n) is 1.25. The van der Waals surface area contributed by atoms with Crippen molar-refractivity contribution in [1.82, 2.24) is 9.36 Å². The number of nitrogens with zero attached hydrogens (tertiary/aromatic N) is 2. The third-order valence-electron chi connectivity index (χ3n) is 2.06. The largest absolute Gasteiger partial charge is 0.332 e. The number of benzene rings is 1. The fourth-order valence-corrected chi connectivity index (χ4v) is 2.93. The van der Waals surface area contributed by atoms with E-state index in [2.05, 4.69) is 26.6 Å². The monoisotopic (exact) mass is 342 g/mol. The summed E-state index contributed by atoms with van der Waals surface area (Å²) in [5.74, 6) is 0.781. The Morgan fingerprint density at radius 3 is 2.85 bits per heavy atom. The Hall–Kier alpha value is -1.15. The number of halogens is 1. The third kappa shape index (κ3) is 4.75. The van der Waals surface area contributed by atoms with Crippen LogP contribution in [0.25, 0.3) is 0 Å². The molecule has 0 saturated heterocycles. The van der Waals surface area contributed by atoms with Crippen LogP contribution in [-0.2, 0) is 0 Å². The molecular weight excluding hydrogens is 332 g/mol. The molecule has 0 bridgehead atoms. The van der Waals surface area contributed by atoms with Crippen molar-refractivity contribution >= 4 is 63.0 Å². The molecule has 0 atom stereocenters. The Kier molecular flexibility index (Phi) is 5.78. The van der Waals surface area contributed by atoms with Crippen molar-refractivity contribution < 1.29 is 0 Å². The van der Waals surface area contributed by atoms with Crippen molar-refractivity contribution in [3.63, 3.8) is 0 Å². The summed E-state index contributed by atoms with van der Waals surface area (Å²) in [6.45, 7) is 3.66. The summed E-state index contributed by atoms with van der Waals surface area (Å²) in [5, 5.41) is 8.56. The zero-order chi connectivity index (χ0) is 14.4. The summed E-state index contributed by atoms with van der Waals surface area (Å²) in [6, 6.07) is 7.28. The minimum atomic E-state index is 0.462. The molecule has 1 aromatic carbocycles. The minimum absolute atomic E-state index is 0.462. The van der Waals surface area contributed by atoms with Gasteiger partial charge in [0, 0.05) is 28.0 Å². The molecule has 1 heterocycles. The summed E-state index contributed by atoms with van der Waals surface area (Å²) in [6.07, 6.45) is 1.81. The molecule has 20 heavy (non-hydrogen) atoms. The van der Waals surface area contributed by atoms with Crippen molar-refractivity contribution in [3.8, 4) is 0 Å². The number of aromatic nitrogens is 2. The Labute approximate surface area is 135 Å². The molecule has 0 saturated carbocycles. The maximum atomic E-state index is 5.82. The number of thiocarbonyl (C=S) groups is 1. The van der Waals surface area contributed by atoms with Gasteiger partial charge in [-0.2, -0.15) is 9.36 Å². The van der Waals surface area contributed by atoms with Gasteiger partial charge in [-0.25, -0.2) is 0 Å². The number of hydrogen-bond acceptors (Lipinski definition) is 5. The lowest BCUT2D eigenvalue weighted by Gasteiger charge is -2.07. The molecule has 0 aliphatic heterocycles. The van der Waals surface area contributed by atoms with Crippen LogP contribution in [0, 0.1) is 0 Å². The second-order valence-electron chi connectivity index (χ2n) is 3.57. The van der Waals surface area contributed by atoms with E-state index in [1.54, 1.807) is 12.1 Å². The Balaban J connectivity index is 1.89. The van der Waals surface area contributed by atoms with E-state index in [1.807, 2.05) is 18.2 Å². The average Bonchev–Trinajstić information content (AvgIpc) is 2.86. The highest BCUT2D eigenvalue weighted by Gasteiger charge is 2.05. The van der Waals surface area contributed by atoms with Gasteiger partial charge in [-0.3, -0.25) is 0 Å². The number of hydrogen-bond donors (Lipinski definition) is 2. The summed E-state index contributed by atoms with van der Waals surface area (Å²) in [7, 11) is 0. The SMILES string of the molecule is C=CCSc1nsc(NC(=S)Nc2ccc(Cl)cc2)n1. The van der Waals surface area contributed by atoms with Crippen LogP contribution in [0.2, 0.25) is 5.02 Å². The first-order chi connectivity index (χ1) is 9.67. The molecule has 2 N–H and O–H groups in total. The highest BCUT2D eigenvalue weighted by Crippen LogP contribution is 2.20. The molecule has 2 aromatic rings. The van der Waals surface area contributed by atoms with Crippen LogP contribution in [0.4, 0.5) is 10.8 Å². The highest BCUT2D eigenvalue weighted by atomic mass is 35.5. The zero-order valence-electron chi connectivity index (χ0n) is 10.3. The molecule has 0 spiro atoms. The normalized spacial score (nSPS) is 10.1. The van der Waals surface area contributed by atoms with E-state index < -0.39 is 0 Å². The van der Waals surface area contributed by atoms with Gasteiger partial charge in [-0.1, -0.05) is 29.4 Å². The number of rotatable bonds is 5. The van der Waals surface area contributed by atoms with Gasteiger partial charge in [0.25, 0.3) is 0 Å². The van der Waals surface area contributed by atoms with Crippen LogP contribution in [0.5, 0.6) is 0 Å². The van der Waals surface area contributed by atoms with Gasteiger partial charge in [0.15, 0.2) is 5.11 Å². The predicted octanol–water partition coefficient (Wildman–Crippen LogP) is 4.28. The topological polar surface area (TPSA) is 49.8 Å². The van der Waals surface area contributed by atoms with E-state index in [0.717, 1.165) is 11.4 Å². The summed E-state index contributed by atoms with van der Waals surface area (Å²) < 4.78 is 4.20. The first-order valence-electron chi connectivity index (χ1n) is 5.58. The summed E-state index contributed by atoms with van der Waals surface area (Å²) >= 11 is 13.8. The van der Waals surface area contributed by atoms with Crippen LogP contribution in [-0.4, -0.2) is 20.2 Å². The quantitative estimate of drug-likeness (QED) is 0.480. The summed E-state index contributed by atoms with van der Waals surface area (Å²) in [4.78, 5) is 4.31. The fraction of sp³-hybridized carbons (Fsp3) is 0.0833. The van der Waals surface area contributed by atoms with Gasteiger partial charge < -0.3 is 10.6 Å². The van der Waals surface area contributed by atoms with Crippen LogP contribution in [0.1, 0.15) is 0 Å². The maximum Gasteiger partial charge on any atom is 0.209 e. The Morgan fingerprint density at radius 2 is 2.15 bits per heavy atom. The van der Waals surface area contributed by atoms with Crippen LogP contribution in [0.15, 0.2) is 42.1 Å². The lowest BCUT2D eigenvalue weighted by molar-refractivity contribution is 1.08. The van der Waals surface area contributed by atoms with E-state index in [0.29, 0.717) is 20.4 Å². The van der Waals surface area contributed by atoms with Crippen LogP contribution >= 0.6 is 47.1 Å². The van der Waals surface area contributed by atoms with Crippen molar-refractivity contribution in [2.45, 2.75) is 5.16 Å². The molecule has 0 fully saturated rings. The molecule has 1 aromatic heterocycles. The third-order valence-corrected chi connectivity index (χ3v) is 4.11. The second-order valence-corrected chi connectivity index (χ2v) is 6.15. The first kappa shape index (κ1) is 15.2. The standard InChI is InChI=1S/C12H11ClN4S3/c1-2-7-19-12-16-11(20-17-12)15-10(18)14-9-5-3-8(13)4-6-9/h2-6H,1,7H2,(H2,14,15,16,17,18). The highest BCUT2D eigenvalue weighted by molar-refractivity contribution is 7.99. The van der Waals surface area contributed by atoms with E-state index in [-0.39, 0.29) is 0 Å². The van der Waals surface area contributed by atoms with Gasteiger partial charge >= 0.3 is 0 Å². The first-order valence-corrected chi connectivity index (χ1v) is 8.13. The maximum absolute atomic E-state index is 5.82. The molecule has 2 rings (SSSR count). The number of anilines is 2. The molecular formula is C12H11ClN4S3. The molecule has 0 unspecified atom stereocenters. The van der Waals surface area contributed by atoms with E-state index in [4.69, 9.17) is 23.8 Å². The minimum Gasteiger partial charge on any atom is -0.332 e. The van der Waals surface area contributed by atoms with E-state index in [9.17, 15) is 0 Å². The van der Waals surface area contributed by atoms with Crippen LogP contribution < -0.4 is 10.6 Å². The van der Waals surface area contributed by atoms with Gasteiger partial charge in [0.05, 0.1) is 0 Å². The lowest BCUT2D eigenvalue weighted by Crippen LogP contribution is -2.18. The van der Waals surface area contributed by atoms with E-state index in [1.165, 1.54) is 23.3 Å². The van der Waals surface area contributed by atoms with Gasteiger partial charge in [-0.05, 0) is 36.5 Å². The van der Waals surface area contributed by atoms with Gasteiger partial charge in [0.1, 0.15) is 0 Å². The molecule has 4 nitrogen and oxygen atoms in total. The molecule has 104 valence electrons. The number of nitrogens with one attached hydrogen (secondary N) is 2. The molecule has 8 heteroatoms. The molecule has 0 aliphatic rings. The Bertz CT molecular complexity index is 597. The van der Waals surface area contributed by atoms with Crippen molar-refractivity contribution in [2.75, 3.05) is 16.4 Å². The van der Waals surface area contributed by atoms with Crippen molar-refractivity contribution in [3.05, 3.63) is 41.9 Å². The smallest absolute Gasteiger partial charge is 0.209 e. The summed E-state index contributed by atoms with van der Waals surface area (Å²) in [5.41, 5.74) is 0.859. The van der Waals surface area contributed by atoms with E-state index >= 15 is 0 Å². The van der Waals surface area contributed by atoms with Crippen molar-refractivity contribution in [2.24, 2.45) is 0 Å². The molecule has 0 amide bonds. The molecule has 0 aliphatic carbocycles. The van der Waals surface area contributed by atoms with Crippen LogP contribution in [0.3, 0.4) is 0 Å². The Morgan fingerprint density at radius 1 is 1.40 bits per heavy atom. The van der Waals surface area contributed by atoms with Crippen molar-refractivity contribution in [1.29, 1.82) is 0 Å². The predicted molar refractivity (Wildman–Crippen MR) is 92.1 cm³/mol. The average molecular weight is 343 g/mol. The number of thioether (sulfide) groups is 1. The lowest BCUT2D eigenvalue weighted by atomic mass is 10.3. The molecule has 0 radical (unpaired) electrons. The second kappa shape index (κ2) is 7.58. The van der Waals surface area contributed by atoms with Gasteiger partial charge in [-0.15, -0.1) is 6.58 Å².